The highest BCUT2D eigenvalue weighted by Gasteiger charge is 2.11. The summed E-state index contributed by atoms with van der Waals surface area (Å²) in [5.41, 5.74) is 8.42. The van der Waals surface area contributed by atoms with Crippen molar-refractivity contribution in [1.82, 2.24) is 0 Å². The van der Waals surface area contributed by atoms with Gasteiger partial charge in [0.1, 0.15) is 0 Å². The third kappa shape index (κ3) is 2.38. The van der Waals surface area contributed by atoms with Crippen LogP contribution in [-0.4, -0.2) is 29.7 Å². The summed E-state index contributed by atoms with van der Waals surface area (Å²) in [4.78, 5) is 2.34. The van der Waals surface area contributed by atoms with E-state index in [9.17, 15) is 0 Å². The van der Waals surface area contributed by atoms with Gasteiger partial charge in [-0.2, -0.15) is 11.8 Å². The molecule has 82 valence electrons. The number of benzene rings is 1. The number of thioether (sulfide) groups is 1. The smallest absolute Gasteiger partial charge is 0.0702 e. The highest BCUT2D eigenvalue weighted by atomic mass is 32.2. The van der Waals surface area contributed by atoms with Crippen molar-refractivity contribution in [3.8, 4) is 0 Å². The average Bonchev–Trinajstić information content (AvgIpc) is 2.31. The van der Waals surface area contributed by atoms with Crippen LogP contribution in [0.2, 0.25) is 0 Å². The Kier molecular flexibility index (Phi) is 3.38. The number of rotatable bonds is 2. The van der Waals surface area contributed by atoms with Gasteiger partial charge in [-0.05, 0) is 18.2 Å². The SMILES string of the molecule is Nc1ccc(N2CCSCC2)cc1CO. The number of nitrogens with two attached hydrogens (primary N) is 1. The van der Waals surface area contributed by atoms with Crippen LogP contribution in [0.1, 0.15) is 5.56 Å². The zero-order valence-corrected chi connectivity index (χ0v) is 9.46. The summed E-state index contributed by atoms with van der Waals surface area (Å²) in [5.74, 6) is 2.36. The van der Waals surface area contributed by atoms with Gasteiger partial charge in [0.15, 0.2) is 0 Å². The van der Waals surface area contributed by atoms with Crippen LogP contribution in [0.15, 0.2) is 18.2 Å². The van der Waals surface area contributed by atoms with Crippen molar-refractivity contribution in [2.24, 2.45) is 0 Å². The van der Waals surface area contributed by atoms with E-state index in [1.165, 1.54) is 17.2 Å². The molecular formula is C11H16N2OS. The third-order valence-corrected chi connectivity index (χ3v) is 3.62. The summed E-state index contributed by atoms with van der Waals surface area (Å²) in [6.07, 6.45) is 0. The Balaban J connectivity index is 2.20. The number of anilines is 2. The lowest BCUT2D eigenvalue weighted by Crippen LogP contribution is -2.32. The van der Waals surface area contributed by atoms with Crippen LogP contribution in [0.4, 0.5) is 11.4 Å². The summed E-state index contributed by atoms with van der Waals surface area (Å²) < 4.78 is 0. The number of aliphatic hydroxyl groups excluding tert-OH is 1. The monoisotopic (exact) mass is 224 g/mol. The van der Waals surface area contributed by atoms with E-state index in [0.29, 0.717) is 5.69 Å². The molecule has 1 aliphatic heterocycles. The molecule has 1 fully saturated rings. The zero-order chi connectivity index (χ0) is 10.7. The van der Waals surface area contributed by atoms with E-state index in [-0.39, 0.29) is 6.61 Å². The second kappa shape index (κ2) is 4.77. The number of nitrogens with zero attached hydrogens (tertiary/aromatic N) is 1. The lowest BCUT2D eigenvalue weighted by atomic mass is 10.1. The van der Waals surface area contributed by atoms with Crippen molar-refractivity contribution < 1.29 is 5.11 Å². The molecule has 0 saturated carbocycles. The maximum Gasteiger partial charge on any atom is 0.0702 e. The molecule has 1 saturated heterocycles. The van der Waals surface area contributed by atoms with Gasteiger partial charge in [0.05, 0.1) is 6.61 Å². The van der Waals surface area contributed by atoms with Crippen molar-refractivity contribution in [2.45, 2.75) is 6.61 Å². The lowest BCUT2D eigenvalue weighted by Gasteiger charge is -2.29. The largest absolute Gasteiger partial charge is 0.398 e. The van der Waals surface area contributed by atoms with Crippen molar-refractivity contribution in [3.63, 3.8) is 0 Å². The van der Waals surface area contributed by atoms with Crippen LogP contribution >= 0.6 is 11.8 Å². The number of hydrogen-bond donors (Lipinski definition) is 2. The molecule has 15 heavy (non-hydrogen) atoms. The molecule has 1 aromatic carbocycles. The molecule has 2 rings (SSSR count). The quantitative estimate of drug-likeness (QED) is 0.744. The summed E-state index contributed by atoms with van der Waals surface area (Å²) in [7, 11) is 0. The van der Waals surface area contributed by atoms with Gasteiger partial charge >= 0.3 is 0 Å². The molecular weight excluding hydrogens is 208 g/mol. The van der Waals surface area contributed by atoms with Crippen LogP contribution in [-0.2, 0) is 6.61 Å². The Morgan fingerprint density at radius 2 is 2.07 bits per heavy atom. The lowest BCUT2D eigenvalue weighted by molar-refractivity contribution is 0.282. The minimum atomic E-state index is 0.0161. The topological polar surface area (TPSA) is 49.5 Å². The fraction of sp³-hybridized carbons (Fsp3) is 0.455. The molecule has 1 aromatic rings. The van der Waals surface area contributed by atoms with Crippen molar-refractivity contribution in [3.05, 3.63) is 23.8 Å². The van der Waals surface area contributed by atoms with E-state index < -0.39 is 0 Å². The van der Waals surface area contributed by atoms with Crippen molar-refractivity contribution in [1.29, 1.82) is 0 Å². The third-order valence-electron chi connectivity index (χ3n) is 2.67. The Morgan fingerprint density at radius 1 is 1.33 bits per heavy atom. The number of aliphatic hydroxyl groups is 1. The van der Waals surface area contributed by atoms with Crippen LogP contribution in [0, 0.1) is 0 Å². The molecule has 0 bridgehead atoms. The molecule has 0 atom stereocenters. The van der Waals surface area contributed by atoms with Crippen LogP contribution in [0.5, 0.6) is 0 Å². The zero-order valence-electron chi connectivity index (χ0n) is 8.65. The maximum absolute atomic E-state index is 9.14. The first kappa shape index (κ1) is 10.6. The first-order valence-electron chi connectivity index (χ1n) is 5.13. The Hall–Kier alpha value is -0.870. The van der Waals surface area contributed by atoms with Crippen LogP contribution in [0.25, 0.3) is 0 Å². The molecule has 1 heterocycles. The molecule has 0 unspecified atom stereocenters. The second-order valence-corrected chi connectivity index (χ2v) is 4.87. The van der Waals surface area contributed by atoms with Gasteiger partial charge in [0.2, 0.25) is 0 Å². The molecule has 0 aromatic heterocycles. The highest BCUT2D eigenvalue weighted by Crippen LogP contribution is 2.23. The number of hydrogen-bond acceptors (Lipinski definition) is 4. The Bertz CT molecular complexity index is 337. The molecule has 1 aliphatic rings. The van der Waals surface area contributed by atoms with Gasteiger partial charge in [-0.15, -0.1) is 0 Å². The van der Waals surface area contributed by atoms with E-state index in [4.69, 9.17) is 10.8 Å². The van der Waals surface area contributed by atoms with Crippen molar-refractivity contribution in [2.75, 3.05) is 35.2 Å². The van der Waals surface area contributed by atoms with Gasteiger partial charge in [-0.25, -0.2) is 0 Å². The van der Waals surface area contributed by atoms with E-state index in [1.807, 2.05) is 30.0 Å². The Morgan fingerprint density at radius 3 is 2.73 bits per heavy atom. The Labute approximate surface area is 94.3 Å². The average molecular weight is 224 g/mol. The van der Waals surface area contributed by atoms with Gasteiger partial charge < -0.3 is 15.7 Å². The minimum Gasteiger partial charge on any atom is -0.398 e. The van der Waals surface area contributed by atoms with Crippen molar-refractivity contribution >= 4 is 23.1 Å². The summed E-state index contributed by atoms with van der Waals surface area (Å²) in [6.45, 7) is 2.18. The predicted octanol–water partition coefficient (Wildman–Crippen LogP) is 1.31. The van der Waals surface area contributed by atoms with E-state index in [2.05, 4.69) is 4.90 Å². The number of nitrogen functional groups attached to an aromatic ring is 1. The first-order valence-corrected chi connectivity index (χ1v) is 6.28. The second-order valence-electron chi connectivity index (χ2n) is 3.64. The normalized spacial score (nSPS) is 16.7. The van der Waals surface area contributed by atoms with Gasteiger partial charge in [-0.3, -0.25) is 0 Å². The molecule has 0 radical (unpaired) electrons. The fourth-order valence-corrected chi connectivity index (χ4v) is 2.65. The standard InChI is InChI=1S/C11H16N2OS/c12-11-2-1-10(7-9(11)8-14)13-3-5-15-6-4-13/h1-2,7,14H,3-6,8,12H2. The molecule has 0 amide bonds. The van der Waals surface area contributed by atoms with Crippen LogP contribution < -0.4 is 10.6 Å². The molecule has 3 N–H and O–H groups in total. The summed E-state index contributed by atoms with van der Waals surface area (Å²) >= 11 is 1.99. The summed E-state index contributed by atoms with van der Waals surface area (Å²) in [5, 5.41) is 9.14. The molecule has 0 spiro atoms. The molecule has 4 heteroatoms. The van der Waals surface area contributed by atoms with Gasteiger partial charge in [-0.1, -0.05) is 0 Å². The van der Waals surface area contributed by atoms with Gasteiger partial charge in [0, 0.05) is 41.5 Å². The van der Waals surface area contributed by atoms with E-state index in [1.54, 1.807) is 0 Å². The minimum absolute atomic E-state index is 0.0161. The maximum atomic E-state index is 9.14. The van der Waals surface area contributed by atoms with E-state index >= 15 is 0 Å². The summed E-state index contributed by atoms with van der Waals surface area (Å²) in [6, 6.07) is 5.90. The molecule has 3 nitrogen and oxygen atoms in total. The van der Waals surface area contributed by atoms with E-state index in [0.717, 1.165) is 18.7 Å². The van der Waals surface area contributed by atoms with Crippen LogP contribution in [0.3, 0.4) is 0 Å². The highest BCUT2D eigenvalue weighted by molar-refractivity contribution is 7.99. The molecule has 0 aliphatic carbocycles. The first-order chi connectivity index (χ1) is 7.31. The fourth-order valence-electron chi connectivity index (χ4n) is 1.75. The van der Waals surface area contributed by atoms with Gasteiger partial charge in [0.25, 0.3) is 0 Å². The predicted molar refractivity (Wildman–Crippen MR) is 66.3 cm³/mol.